The Labute approximate surface area is 234 Å². The van der Waals surface area contributed by atoms with Crippen LogP contribution in [0.15, 0.2) is 24.3 Å². The number of ether oxygens (including phenoxy) is 4. The van der Waals surface area contributed by atoms with E-state index in [0.717, 1.165) is 18.8 Å². The molecule has 2 aliphatic rings. The van der Waals surface area contributed by atoms with Crippen molar-refractivity contribution in [3.63, 3.8) is 0 Å². The van der Waals surface area contributed by atoms with E-state index in [1.165, 1.54) is 26.4 Å². The quantitative estimate of drug-likeness (QED) is 0.207. The SMILES string of the molecule is C.C.COC(=O)c1cc(N2CCOCC2)cc(N)c1N.COC(=O)c1cc(N2CCOCC2)cc(N)c1[N+](=O)[O-]. The van der Waals surface area contributed by atoms with Crippen molar-refractivity contribution in [2.45, 2.75) is 14.9 Å². The highest BCUT2D eigenvalue weighted by Gasteiger charge is 2.27. The fourth-order valence-electron chi connectivity index (χ4n) is 4.06. The molecular formula is C26H40N6O8. The molecule has 14 nitrogen and oxygen atoms in total. The van der Waals surface area contributed by atoms with Gasteiger partial charge < -0.3 is 45.9 Å². The maximum absolute atomic E-state index is 11.7. The Morgan fingerprint density at radius 3 is 1.60 bits per heavy atom. The van der Waals surface area contributed by atoms with Crippen molar-refractivity contribution < 1.29 is 33.5 Å². The molecule has 2 aromatic rings. The second kappa shape index (κ2) is 15.3. The molecule has 2 heterocycles. The first-order chi connectivity index (χ1) is 18.2. The summed E-state index contributed by atoms with van der Waals surface area (Å²) in [5, 5.41) is 11.0. The Balaban J connectivity index is 0.000000383. The van der Waals surface area contributed by atoms with E-state index in [1.807, 2.05) is 4.90 Å². The number of carbonyl (C=O) groups is 2. The molecule has 0 aliphatic carbocycles. The fourth-order valence-corrected chi connectivity index (χ4v) is 4.06. The second-order valence-electron chi connectivity index (χ2n) is 8.37. The lowest BCUT2D eigenvalue weighted by Gasteiger charge is -2.29. The summed E-state index contributed by atoms with van der Waals surface area (Å²) in [6.07, 6.45) is 0. The molecule has 40 heavy (non-hydrogen) atoms. The number of nitrogens with zero attached hydrogens (tertiary/aromatic N) is 3. The molecule has 0 unspecified atom stereocenters. The van der Waals surface area contributed by atoms with Crippen molar-refractivity contribution in [1.29, 1.82) is 0 Å². The number of benzene rings is 2. The van der Waals surface area contributed by atoms with Crippen molar-refractivity contribution >= 4 is 46.1 Å². The van der Waals surface area contributed by atoms with Gasteiger partial charge in [0.05, 0.1) is 62.5 Å². The van der Waals surface area contributed by atoms with E-state index in [0.29, 0.717) is 56.5 Å². The molecule has 0 atom stereocenters. The van der Waals surface area contributed by atoms with Crippen LogP contribution in [0.4, 0.5) is 34.1 Å². The van der Waals surface area contributed by atoms with Crippen LogP contribution in [0.25, 0.3) is 0 Å². The molecule has 0 radical (unpaired) electrons. The van der Waals surface area contributed by atoms with Crippen LogP contribution in [0.2, 0.25) is 0 Å². The van der Waals surface area contributed by atoms with Crippen LogP contribution in [-0.2, 0) is 18.9 Å². The average molecular weight is 565 g/mol. The largest absolute Gasteiger partial charge is 0.465 e. The van der Waals surface area contributed by atoms with E-state index in [-0.39, 0.29) is 31.8 Å². The highest BCUT2D eigenvalue weighted by molar-refractivity contribution is 6.00. The number of morpholine rings is 2. The normalized spacial score (nSPS) is 14.4. The molecule has 2 aromatic carbocycles. The van der Waals surface area contributed by atoms with Crippen molar-refractivity contribution in [2.24, 2.45) is 0 Å². The van der Waals surface area contributed by atoms with E-state index in [1.54, 1.807) is 12.1 Å². The standard InChI is InChI=1S/C12H15N3O5.C12H17N3O3.2CH4/c1-19-12(16)9-6-8(14-2-4-20-5-3-14)7-10(13)11(9)15(17)18;1-17-12(16)9-6-8(7-10(13)11(9)14)15-2-4-18-5-3-15;;/h6-7H,2-5,13H2,1H3;6-7H,2-5,13-14H2,1H3;2*1H4. The third-order valence-electron chi connectivity index (χ3n) is 6.07. The lowest BCUT2D eigenvalue weighted by Crippen LogP contribution is -2.36. The number of nitro benzene ring substituents is 1. The van der Waals surface area contributed by atoms with Crippen LogP contribution in [0.3, 0.4) is 0 Å². The van der Waals surface area contributed by atoms with Crippen molar-refractivity contribution in [2.75, 3.05) is 93.8 Å². The van der Waals surface area contributed by atoms with Gasteiger partial charge in [-0.1, -0.05) is 14.9 Å². The molecule has 0 spiro atoms. The molecule has 2 fully saturated rings. The molecule has 2 saturated heterocycles. The number of methoxy groups -OCH3 is 2. The molecule has 14 heteroatoms. The number of hydrogen-bond acceptors (Lipinski definition) is 13. The Morgan fingerprint density at radius 2 is 1.18 bits per heavy atom. The van der Waals surface area contributed by atoms with Crippen molar-refractivity contribution in [1.82, 2.24) is 0 Å². The van der Waals surface area contributed by atoms with Crippen LogP contribution in [0.1, 0.15) is 35.6 Å². The average Bonchev–Trinajstić information content (AvgIpc) is 2.94. The molecule has 6 N–H and O–H groups in total. The maximum Gasteiger partial charge on any atom is 0.345 e. The van der Waals surface area contributed by atoms with Gasteiger partial charge in [0.1, 0.15) is 11.3 Å². The molecule has 0 bridgehead atoms. The number of rotatable bonds is 5. The number of nitrogens with two attached hydrogens (primary N) is 3. The van der Waals surface area contributed by atoms with Crippen LogP contribution in [-0.4, -0.2) is 83.7 Å². The number of nitrogen functional groups attached to an aromatic ring is 3. The Morgan fingerprint density at radius 1 is 0.775 bits per heavy atom. The minimum atomic E-state index is -0.779. The van der Waals surface area contributed by atoms with Gasteiger partial charge in [-0.3, -0.25) is 10.1 Å². The van der Waals surface area contributed by atoms with Crippen LogP contribution < -0.4 is 27.0 Å². The highest BCUT2D eigenvalue weighted by atomic mass is 16.6. The van der Waals surface area contributed by atoms with E-state index < -0.39 is 22.5 Å². The van der Waals surface area contributed by atoms with Crippen LogP contribution in [0, 0.1) is 10.1 Å². The molecule has 4 rings (SSSR count). The lowest BCUT2D eigenvalue weighted by atomic mass is 10.1. The summed E-state index contributed by atoms with van der Waals surface area (Å²) >= 11 is 0. The summed E-state index contributed by atoms with van der Waals surface area (Å²) < 4.78 is 19.8. The predicted molar refractivity (Wildman–Crippen MR) is 155 cm³/mol. The predicted octanol–water partition coefficient (Wildman–Crippen LogP) is 2.55. The third kappa shape index (κ3) is 7.86. The zero-order valence-corrected chi connectivity index (χ0v) is 21.3. The molecule has 222 valence electrons. The van der Waals surface area contributed by atoms with Gasteiger partial charge in [0.2, 0.25) is 0 Å². The monoisotopic (exact) mass is 564 g/mol. The summed E-state index contributed by atoms with van der Waals surface area (Å²) in [7, 11) is 2.49. The van der Waals surface area contributed by atoms with Gasteiger partial charge in [-0.05, 0) is 24.3 Å². The summed E-state index contributed by atoms with van der Waals surface area (Å²) in [5.74, 6) is -1.26. The van der Waals surface area contributed by atoms with Crippen molar-refractivity contribution in [3.8, 4) is 0 Å². The third-order valence-corrected chi connectivity index (χ3v) is 6.07. The Kier molecular flexibility index (Phi) is 12.9. The first kappa shape index (κ1) is 33.7. The highest BCUT2D eigenvalue weighted by Crippen LogP contribution is 2.33. The molecule has 0 saturated carbocycles. The number of nitro groups is 1. The summed E-state index contributed by atoms with van der Waals surface area (Å²) in [6.45, 7) is 5.26. The zero-order chi connectivity index (χ0) is 27.8. The van der Waals surface area contributed by atoms with Gasteiger partial charge >= 0.3 is 17.6 Å². The van der Waals surface area contributed by atoms with Gasteiger partial charge in [-0.25, -0.2) is 9.59 Å². The fraction of sp³-hybridized carbons (Fsp3) is 0.462. The van der Waals surface area contributed by atoms with E-state index in [9.17, 15) is 19.7 Å². The number of esters is 2. The number of carbonyl (C=O) groups excluding carboxylic acids is 2. The van der Waals surface area contributed by atoms with Gasteiger partial charge in [0.25, 0.3) is 0 Å². The minimum Gasteiger partial charge on any atom is -0.465 e. The molecule has 0 aromatic heterocycles. The first-order valence-corrected chi connectivity index (χ1v) is 11.8. The summed E-state index contributed by atoms with van der Waals surface area (Å²) in [5.41, 5.74) is 19.2. The van der Waals surface area contributed by atoms with Gasteiger partial charge in [-0.15, -0.1) is 0 Å². The molecule has 2 aliphatic heterocycles. The minimum absolute atomic E-state index is 0. The first-order valence-electron chi connectivity index (χ1n) is 11.8. The van der Waals surface area contributed by atoms with Crippen LogP contribution >= 0.6 is 0 Å². The van der Waals surface area contributed by atoms with Gasteiger partial charge in [0.15, 0.2) is 0 Å². The van der Waals surface area contributed by atoms with E-state index in [4.69, 9.17) is 31.4 Å². The lowest BCUT2D eigenvalue weighted by molar-refractivity contribution is -0.384. The Hall–Kier alpha value is -4.30. The van der Waals surface area contributed by atoms with E-state index >= 15 is 0 Å². The summed E-state index contributed by atoms with van der Waals surface area (Å²) in [6, 6.07) is 6.41. The number of hydrogen-bond donors (Lipinski definition) is 3. The Bertz CT molecular complexity index is 1180. The topological polar surface area (TPSA) is 199 Å². The van der Waals surface area contributed by atoms with Gasteiger partial charge in [0, 0.05) is 37.6 Å². The number of anilines is 5. The second-order valence-corrected chi connectivity index (χ2v) is 8.37. The molecular weight excluding hydrogens is 524 g/mol. The van der Waals surface area contributed by atoms with Gasteiger partial charge in [-0.2, -0.15) is 0 Å². The van der Waals surface area contributed by atoms with E-state index in [2.05, 4.69) is 9.64 Å². The smallest absolute Gasteiger partial charge is 0.345 e. The molecule has 0 amide bonds. The van der Waals surface area contributed by atoms with Crippen molar-refractivity contribution in [3.05, 3.63) is 45.5 Å². The van der Waals surface area contributed by atoms with Crippen LogP contribution in [0.5, 0.6) is 0 Å². The zero-order valence-electron chi connectivity index (χ0n) is 21.3. The summed E-state index contributed by atoms with van der Waals surface area (Å²) in [4.78, 5) is 37.7. The maximum atomic E-state index is 11.7.